The predicted octanol–water partition coefficient (Wildman–Crippen LogP) is 1.63. The molecule has 0 saturated carbocycles. The maximum Gasteiger partial charge on any atom is 0.224 e. The molecule has 4 heteroatoms. The lowest BCUT2D eigenvalue weighted by atomic mass is 10.0. The van der Waals surface area contributed by atoms with Gasteiger partial charge < -0.3 is 15.4 Å². The summed E-state index contributed by atoms with van der Waals surface area (Å²) < 4.78 is 5.89. The van der Waals surface area contributed by atoms with Gasteiger partial charge >= 0.3 is 0 Å². The topological polar surface area (TPSA) is 55.6 Å². The smallest absolute Gasteiger partial charge is 0.224 e. The SMILES string of the molecule is Cc1ccccc1[C@H]1CN(C(=O)CCN)[C@@H](C)CO1. The lowest BCUT2D eigenvalue weighted by Crippen LogP contribution is -2.48. The average molecular weight is 262 g/mol. The second-order valence-electron chi connectivity index (χ2n) is 5.11. The van der Waals surface area contributed by atoms with E-state index in [1.165, 1.54) is 11.1 Å². The zero-order valence-corrected chi connectivity index (χ0v) is 11.6. The molecule has 1 heterocycles. The molecule has 104 valence electrons. The second kappa shape index (κ2) is 6.17. The summed E-state index contributed by atoms with van der Waals surface area (Å²) in [5.41, 5.74) is 7.84. The molecule has 1 fully saturated rings. The molecule has 1 saturated heterocycles. The lowest BCUT2D eigenvalue weighted by molar-refractivity contribution is -0.144. The van der Waals surface area contributed by atoms with E-state index >= 15 is 0 Å². The first-order chi connectivity index (χ1) is 9.13. The number of aryl methyl sites for hydroxylation is 1. The van der Waals surface area contributed by atoms with Crippen LogP contribution < -0.4 is 5.73 Å². The molecule has 2 rings (SSSR count). The Morgan fingerprint density at radius 1 is 1.47 bits per heavy atom. The molecular formula is C15H22N2O2. The molecule has 2 N–H and O–H groups in total. The highest BCUT2D eigenvalue weighted by Crippen LogP contribution is 2.27. The molecule has 0 unspecified atom stereocenters. The normalized spacial score (nSPS) is 23.4. The van der Waals surface area contributed by atoms with Gasteiger partial charge in [0.15, 0.2) is 0 Å². The van der Waals surface area contributed by atoms with E-state index in [0.717, 1.165) is 0 Å². The first-order valence-electron chi connectivity index (χ1n) is 6.80. The van der Waals surface area contributed by atoms with Gasteiger partial charge in [-0.3, -0.25) is 4.79 Å². The second-order valence-corrected chi connectivity index (χ2v) is 5.11. The fourth-order valence-corrected chi connectivity index (χ4v) is 2.51. The summed E-state index contributed by atoms with van der Waals surface area (Å²) in [5.74, 6) is 0.122. The van der Waals surface area contributed by atoms with Crippen LogP contribution in [0.15, 0.2) is 24.3 Å². The zero-order chi connectivity index (χ0) is 13.8. The van der Waals surface area contributed by atoms with Crippen LogP contribution >= 0.6 is 0 Å². The van der Waals surface area contributed by atoms with Crippen LogP contribution in [0.4, 0.5) is 0 Å². The Bertz CT molecular complexity index is 448. The highest BCUT2D eigenvalue weighted by atomic mass is 16.5. The first-order valence-corrected chi connectivity index (χ1v) is 6.80. The molecule has 0 aromatic heterocycles. The third-order valence-electron chi connectivity index (χ3n) is 3.65. The fraction of sp³-hybridized carbons (Fsp3) is 0.533. The molecular weight excluding hydrogens is 240 g/mol. The lowest BCUT2D eigenvalue weighted by Gasteiger charge is -2.38. The van der Waals surface area contributed by atoms with E-state index in [0.29, 0.717) is 26.1 Å². The number of morpholine rings is 1. The van der Waals surface area contributed by atoms with Crippen molar-refractivity contribution >= 4 is 5.91 Å². The summed E-state index contributed by atoms with van der Waals surface area (Å²) >= 11 is 0. The van der Waals surface area contributed by atoms with Crippen molar-refractivity contribution in [2.75, 3.05) is 19.7 Å². The monoisotopic (exact) mass is 262 g/mol. The van der Waals surface area contributed by atoms with E-state index in [2.05, 4.69) is 19.1 Å². The van der Waals surface area contributed by atoms with Crippen LogP contribution in [0.2, 0.25) is 0 Å². The number of hydrogen-bond donors (Lipinski definition) is 1. The van der Waals surface area contributed by atoms with E-state index in [4.69, 9.17) is 10.5 Å². The summed E-state index contributed by atoms with van der Waals surface area (Å²) in [6.45, 7) is 5.68. The van der Waals surface area contributed by atoms with E-state index in [1.807, 2.05) is 24.0 Å². The van der Waals surface area contributed by atoms with E-state index < -0.39 is 0 Å². The van der Waals surface area contributed by atoms with E-state index in [9.17, 15) is 4.79 Å². The number of nitrogens with zero attached hydrogens (tertiary/aromatic N) is 1. The third-order valence-corrected chi connectivity index (χ3v) is 3.65. The van der Waals surface area contributed by atoms with Crippen LogP contribution in [-0.4, -0.2) is 36.5 Å². The molecule has 1 aromatic carbocycles. The van der Waals surface area contributed by atoms with Crippen LogP contribution in [0.1, 0.15) is 30.6 Å². The fourth-order valence-electron chi connectivity index (χ4n) is 2.51. The largest absolute Gasteiger partial charge is 0.370 e. The standard InChI is InChI=1S/C15H22N2O2/c1-11-5-3-4-6-13(11)14-9-17(12(2)10-19-14)15(18)7-8-16/h3-6,12,14H,7-10,16H2,1-2H3/t12-,14+/m0/s1. The van der Waals surface area contributed by atoms with Gasteiger partial charge in [-0.05, 0) is 25.0 Å². The summed E-state index contributed by atoms with van der Waals surface area (Å²) in [6.07, 6.45) is 0.379. The molecule has 1 amide bonds. The van der Waals surface area contributed by atoms with Crippen molar-refractivity contribution in [3.05, 3.63) is 35.4 Å². The van der Waals surface area contributed by atoms with Crippen LogP contribution in [0.5, 0.6) is 0 Å². The Balaban J connectivity index is 2.13. The van der Waals surface area contributed by atoms with Gasteiger partial charge in [0.1, 0.15) is 6.10 Å². The van der Waals surface area contributed by atoms with Crippen molar-refractivity contribution in [2.45, 2.75) is 32.4 Å². The van der Waals surface area contributed by atoms with Gasteiger partial charge in [-0.25, -0.2) is 0 Å². The number of ether oxygens (including phenoxy) is 1. The number of carbonyl (C=O) groups is 1. The van der Waals surface area contributed by atoms with Gasteiger partial charge in [0.25, 0.3) is 0 Å². The van der Waals surface area contributed by atoms with Crippen molar-refractivity contribution < 1.29 is 9.53 Å². The Morgan fingerprint density at radius 2 is 2.21 bits per heavy atom. The van der Waals surface area contributed by atoms with Crippen molar-refractivity contribution in [2.24, 2.45) is 5.73 Å². The molecule has 4 nitrogen and oxygen atoms in total. The molecule has 1 aliphatic heterocycles. The highest BCUT2D eigenvalue weighted by Gasteiger charge is 2.30. The maximum absolute atomic E-state index is 12.1. The van der Waals surface area contributed by atoms with Crippen LogP contribution in [0, 0.1) is 6.92 Å². The molecule has 1 aromatic rings. The molecule has 0 aliphatic carbocycles. The first kappa shape index (κ1) is 14.0. The van der Waals surface area contributed by atoms with Crippen molar-refractivity contribution in [1.82, 2.24) is 4.90 Å². The van der Waals surface area contributed by atoms with Crippen LogP contribution in [-0.2, 0) is 9.53 Å². The number of hydrogen-bond acceptors (Lipinski definition) is 3. The Labute approximate surface area is 114 Å². The Hall–Kier alpha value is -1.39. The minimum atomic E-state index is -0.0286. The highest BCUT2D eigenvalue weighted by molar-refractivity contribution is 5.76. The molecule has 0 radical (unpaired) electrons. The third kappa shape index (κ3) is 3.14. The minimum absolute atomic E-state index is 0.0286. The number of amides is 1. The molecule has 0 bridgehead atoms. The number of nitrogens with two attached hydrogens (primary N) is 1. The predicted molar refractivity (Wildman–Crippen MR) is 74.7 cm³/mol. The zero-order valence-electron chi connectivity index (χ0n) is 11.6. The van der Waals surface area contributed by atoms with Gasteiger partial charge in [0.05, 0.1) is 19.2 Å². The van der Waals surface area contributed by atoms with Gasteiger partial charge in [0, 0.05) is 13.0 Å². The van der Waals surface area contributed by atoms with E-state index in [1.54, 1.807) is 0 Å². The van der Waals surface area contributed by atoms with Crippen molar-refractivity contribution in [3.63, 3.8) is 0 Å². The minimum Gasteiger partial charge on any atom is -0.370 e. The molecule has 2 atom stereocenters. The maximum atomic E-state index is 12.1. The Kier molecular flexibility index (Phi) is 4.56. The number of benzene rings is 1. The van der Waals surface area contributed by atoms with Gasteiger partial charge in [0.2, 0.25) is 5.91 Å². The molecule has 1 aliphatic rings. The Morgan fingerprint density at radius 3 is 2.89 bits per heavy atom. The summed E-state index contributed by atoms with van der Waals surface area (Å²) in [4.78, 5) is 14.0. The van der Waals surface area contributed by atoms with Gasteiger partial charge in [-0.2, -0.15) is 0 Å². The van der Waals surface area contributed by atoms with Crippen LogP contribution in [0.3, 0.4) is 0 Å². The molecule has 0 spiro atoms. The molecule has 19 heavy (non-hydrogen) atoms. The summed E-state index contributed by atoms with van der Waals surface area (Å²) in [7, 11) is 0. The number of rotatable bonds is 3. The van der Waals surface area contributed by atoms with Crippen molar-refractivity contribution in [3.8, 4) is 0 Å². The summed E-state index contributed by atoms with van der Waals surface area (Å²) in [5, 5.41) is 0. The summed E-state index contributed by atoms with van der Waals surface area (Å²) in [6, 6.07) is 8.29. The average Bonchev–Trinajstić information content (AvgIpc) is 2.40. The van der Waals surface area contributed by atoms with Gasteiger partial charge in [-0.1, -0.05) is 24.3 Å². The quantitative estimate of drug-likeness (QED) is 0.901. The van der Waals surface area contributed by atoms with Crippen molar-refractivity contribution in [1.29, 1.82) is 0 Å². The van der Waals surface area contributed by atoms with Crippen LogP contribution in [0.25, 0.3) is 0 Å². The van der Waals surface area contributed by atoms with Gasteiger partial charge in [-0.15, -0.1) is 0 Å². The van der Waals surface area contributed by atoms with E-state index in [-0.39, 0.29) is 18.1 Å². The number of carbonyl (C=O) groups excluding carboxylic acids is 1.